The topological polar surface area (TPSA) is 64.2 Å². The third kappa shape index (κ3) is 2.96. The van der Waals surface area contributed by atoms with Gasteiger partial charge in [0.25, 0.3) is 5.56 Å². The van der Waals surface area contributed by atoms with Gasteiger partial charge in [-0.3, -0.25) is 9.36 Å². The molecule has 2 N–H and O–H groups in total. The standard InChI is InChI=1S/C20H24Cl2N4O/c1-12-18(25-10-4-8-20(11-25)9-7-16(20)23)24-13(2)26(19(12)27)15-6-3-5-14(21)17(15)22/h3,5-6,16H,4,7-11,23H2,1-2H3. The fraction of sp³-hybridized carbons (Fsp3) is 0.500. The molecule has 0 bridgehead atoms. The summed E-state index contributed by atoms with van der Waals surface area (Å²) in [6.07, 6.45) is 4.50. The van der Waals surface area contributed by atoms with Gasteiger partial charge in [0, 0.05) is 24.5 Å². The van der Waals surface area contributed by atoms with Crippen LogP contribution in [0, 0.1) is 19.3 Å². The van der Waals surface area contributed by atoms with Gasteiger partial charge in [0.15, 0.2) is 0 Å². The number of anilines is 1. The van der Waals surface area contributed by atoms with Crippen LogP contribution in [0.2, 0.25) is 10.0 Å². The monoisotopic (exact) mass is 406 g/mol. The van der Waals surface area contributed by atoms with Crippen molar-refractivity contribution in [1.29, 1.82) is 0 Å². The van der Waals surface area contributed by atoms with Crippen molar-refractivity contribution < 1.29 is 0 Å². The highest BCUT2D eigenvalue weighted by Crippen LogP contribution is 2.47. The maximum absolute atomic E-state index is 13.2. The van der Waals surface area contributed by atoms with Crippen LogP contribution in [0.25, 0.3) is 5.69 Å². The van der Waals surface area contributed by atoms with Gasteiger partial charge < -0.3 is 10.6 Å². The molecule has 2 unspecified atom stereocenters. The molecular formula is C20H24Cl2N4O. The first kappa shape index (κ1) is 18.8. The maximum atomic E-state index is 13.2. The largest absolute Gasteiger partial charge is 0.356 e. The summed E-state index contributed by atoms with van der Waals surface area (Å²) in [5, 5.41) is 0.773. The Labute approximate surface area is 169 Å². The van der Waals surface area contributed by atoms with Crippen molar-refractivity contribution >= 4 is 29.0 Å². The number of hydrogen-bond acceptors (Lipinski definition) is 4. The number of rotatable bonds is 2. The van der Waals surface area contributed by atoms with E-state index in [1.165, 1.54) is 0 Å². The normalized spacial score (nSPS) is 24.9. The van der Waals surface area contributed by atoms with E-state index < -0.39 is 0 Å². The fourth-order valence-electron chi connectivity index (χ4n) is 4.52. The molecule has 2 heterocycles. The van der Waals surface area contributed by atoms with Gasteiger partial charge in [-0.1, -0.05) is 29.3 Å². The van der Waals surface area contributed by atoms with Crippen LogP contribution < -0.4 is 16.2 Å². The molecule has 1 spiro atoms. The third-order valence-electron chi connectivity index (χ3n) is 6.27. The molecule has 27 heavy (non-hydrogen) atoms. The SMILES string of the molecule is Cc1c(N2CCCC3(CCC3N)C2)nc(C)n(-c2cccc(Cl)c2Cl)c1=O. The van der Waals surface area contributed by atoms with Crippen LogP contribution >= 0.6 is 23.2 Å². The van der Waals surface area contributed by atoms with Crippen LogP contribution in [-0.2, 0) is 0 Å². The first-order valence-corrected chi connectivity index (χ1v) is 10.1. The highest BCUT2D eigenvalue weighted by molar-refractivity contribution is 6.43. The average Bonchev–Trinajstić information content (AvgIpc) is 2.67. The minimum Gasteiger partial charge on any atom is -0.356 e. The summed E-state index contributed by atoms with van der Waals surface area (Å²) >= 11 is 12.5. The van der Waals surface area contributed by atoms with E-state index in [2.05, 4.69) is 4.90 Å². The second-order valence-electron chi connectivity index (χ2n) is 7.85. The Balaban J connectivity index is 1.77. The van der Waals surface area contributed by atoms with Crippen LogP contribution in [-0.4, -0.2) is 28.7 Å². The summed E-state index contributed by atoms with van der Waals surface area (Å²) in [5.74, 6) is 1.37. The van der Waals surface area contributed by atoms with Crippen LogP contribution in [0.1, 0.15) is 37.1 Å². The average molecular weight is 407 g/mol. The Morgan fingerprint density at radius 2 is 2.04 bits per heavy atom. The van der Waals surface area contributed by atoms with Gasteiger partial charge in [-0.25, -0.2) is 4.98 Å². The predicted octanol–water partition coefficient (Wildman–Crippen LogP) is 3.86. The molecule has 1 aromatic carbocycles. The zero-order valence-corrected chi connectivity index (χ0v) is 17.1. The molecule has 144 valence electrons. The van der Waals surface area contributed by atoms with E-state index in [-0.39, 0.29) is 17.0 Å². The molecule has 4 rings (SSSR count). The van der Waals surface area contributed by atoms with E-state index in [1.54, 1.807) is 22.8 Å². The number of nitrogens with zero attached hydrogens (tertiary/aromatic N) is 3. The van der Waals surface area contributed by atoms with E-state index in [0.29, 0.717) is 27.1 Å². The van der Waals surface area contributed by atoms with Crippen molar-refractivity contribution in [3.8, 4) is 5.69 Å². The zero-order valence-electron chi connectivity index (χ0n) is 15.6. The summed E-state index contributed by atoms with van der Waals surface area (Å²) in [6.45, 7) is 5.45. The number of aromatic nitrogens is 2. The molecule has 1 saturated heterocycles. The Bertz CT molecular complexity index is 958. The first-order valence-electron chi connectivity index (χ1n) is 9.39. The first-order chi connectivity index (χ1) is 12.8. The van der Waals surface area contributed by atoms with Crippen molar-refractivity contribution in [1.82, 2.24) is 9.55 Å². The molecule has 0 radical (unpaired) electrons. The lowest BCUT2D eigenvalue weighted by Crippen LogP contribution is -2.59. The second kappa shape index (κ2) is 6.80. The van der Waals surface area contributed by atoms with Crippen molar-refractivity contribution in [3.05, 3.63) is 50.0 Å². The summed E-state index contributed by atoms with van der Waals surface area (Å²) in [7, 11) is 0. The molecular weight excluding hydrogens is 383 g/mol. The molecule has 1 saturated carbocycles. The van der Waals surface area contributed by atoms with Gasteiger partial charge >= 0.3 is 0 Å². The summed E-state index contributed by atoms with van der Waals surface area (Å²) in [4.78, 5) is 20.2. The van der Waals surface area contributed by atoms with Crippen LogP contribution in [0.4, 0.5) is 5.82 Å². The minimum absolute atomic E-state index is 0.112. The molecule has 2 fully saturated rings. The van der Waals surface area contributed by atoms with Crippen molar-refractivity contribution in [2.24, 2.45) is 11.1 Å². The van der Waals surface area contributed by atoms with Gasteiger partial charge in [0.1, 0.15) is 11.6 Å². The quantitative estimate of drug-likeness (QED) is 0.821. The Morgan fingerprint density at radius 1 is 1.26 bits per heavy atom. The maximum Gasteiger partial charge on any atom is 0.263 e. The third-order valence-corrected chi connectivity index (χ3v) is 7.08. The molecule has 1 aliphatic heterocycles. The van der Waals surface area contributed by atoms with E-state index in [4.69, 9.17) is 33.9 Å². The van der Waals surface area contributed by atoms with Crippen LogP contribution in [0.15, 0.2) is 23.0 Å². The highest BCUT2D eigenvalue weighted by atomic mass is 35.5. The van der Waals surface area contributed by atoms with Gasteiger partial charge in [-0.05, 0) is 51.7 Å². The number of hydrogen-bond donors (Lipinski definition) is 1. The number of aryl methyl sites for hydroxylation is 1. The van der Waals surface area contributed by atoms with E-state index >= 15 is 0 Å². The lowest BCUT2D eigenvalue weighted by atomic mass is 9.61. The lowest BCUT2D eigenvalue weighted by Gasteiger charge is -2.53. The van der Waals surface area contributed by atoms with Crippen LogP contribution in [0.5, 0.6) is 0 Å². The summed E-state index contributed by atoms with van der Waals surface area (Å²) < 4.78 is 1.54. The molecule has 1 aromatic heterocycles. The van der Waals surface area contributed by atoms with E-state index in [9.17, 15) is 4.79 Å². The molecule has 1 aliphatic carbocycles. The Hall–Kier alpha value is -1.56. The van der Waals surface area contributed by atoms with Crippen molar-refractivity contribution in [2.45, 2.75) is 45.6 Å². The van der Waals surface area contributed by atoms with Crippen molar-refractivity contribution in [2.75, 3.05) is 18.0 Å². The fourth-order valence-corrected chi connectivity index (χ4v) is 4.90. The summed E-state index contributed by atoms with van der Waals surface area (Å²) in [6, 6.07) is 5.53. The van der Waals surface area contributed by atoms with Crippen LogP contribution in [0.3, 0.4) is 0 Å². The Morgan fingerprint density at radius 3 is 2.70 bits per heavy atom. The number of benzene rings is 1. The summed E-state index contributed by atoms with van der Waals surface area (Å²) in [5.41, 5.74) is 7.58. The highest BCUT2D eigenvalue weighted by Gasteiger charge is 2.47. The predicted molar refractivity (Wildman–Crippen MR) is 110 cm³/mol. The number of nitrogens with two attached hydrogens (primary N) is 1. The lowest BCUT2D eigenvalue weighted by molar-refractivity contribution is 0.0722. The van der Waals surface area contributed by atoms with E-state index in [1.807, 2.05) is 13.8 Å². The van der Waals surface area contributed by atoms with E-state index in [0.717, 1.165) is 44.6 Å². The molecule has 0 amide bonds. The van der Waals surface area contributed by atoms with Crippen molar-refractivity contribution in [3.63, 3.8) is 0 Å². The molecule has 5 nitrogen and oxygen atoms in total. The molecule has 7 heteroatoms. The second-order valence-corrected chi connectivity index (χ2v) is 8.64. The van der Waals surface area contributed by atoms with Gasteiger partial charge in [0.05, 0.1) is 21.3 Å². The minimum atomic E-state index is -0.112. The van der Waals surface area contributed by atoms with Gasteiger partial charge in [0.2, 0.25) is 0 Å². The molecule has 2 atom stereocenters. The zero-order chi connectivity index (χ0) is 19.3. The molecule has 2 aliphatic rings. The number of halogens is 2. The number of piperidine rings is 1. The van der Waals surface area contributed by atoms with Gasteiger partial charge in [-0.2, -0.15) is 0 Å². The molecule has 2 aromatic rings. The van der Waals surface area contributed by atoms with Gasteiger partial charge in [-0.15, -0.1) is 0 Å². The Kier molecular flexibility index (Phi) is 4.73. The smallest absolute Gasteiger partial charge is 0.263 e.